The molecule has 2 aromatic heterocycles. The van der Waals surface area contributed by atoms with Crippen LogP contribution < -0.4 is 5.32 Å². The van der Waals surface area contributed by atoms with Crippen LogP contribution in [0.5, 0.6) is 0 Å². The van der Waals surface area contributed by atoms with Gasteiger partial charge in [0.15, 0.2) is 5.52 Å². The van der Waals surface area contributed by atoms with E-state index in [4.69, 9.17) is 4.42 Å². The first kappa shape index (κ1) is 11.5. The van der Waals surface area contributed by atoms with Gasteiger partial charge in [0.2, 0.25) is 0 Å². The van der Waals surface area contributed by atoms with Crippen LogP contribution in [0.3, 0.4) is 0 Å². The Morgan fingerprint density at radius 1 is 1.26 bits per heavy atom. The molecule has 0 unspecified atom stereocenters. The maximum Gasteiger partial charge on any atom is 0.259 e. The Hall–Kier alpha value is -2.63. The molecule has 3 rings (SSSR count). The molecule has 3 aromatic rings. The van der Waals surface area contributed by atoms with E-state index in [0.29, 0.717) is 33.8 Å². The summed E-state index contributed by atoms with van der Waals surface area (Å²) < 4.78 is 9.99. The second kappa shape index (κ2) is 4.24. The third-order valence-corrected chi connectivity index (χ3v) is 2.82. The highest BCUT2D eigenvalue weighted by Crippen LogP contribution is 2.21. The molecule has 0 aliphatic carbocycles. The second-order valence-corrected chi connectivity index (χ2v) is 4.22. The van der Waals surface area contributed by atoms with Gasteiger partial charge in [-0.2, -0.15) is 0 Å². The van der Waals surface area contributed by atoms with E-state index in [9.17, 15) is 4.79 Å². The predicted molar refractivity (Wildman–Crippen MR) is 67.9 cm³/mol. The summed E-state index contributed by atoms with van der Waals surface area (Å²) in [6.45, 7) is 3.55. The summed E-state index contributed by atoms with van der Waals surface area (Å²) in [5.74, 6) is 1.04. The average molecular weight is 257 g/mol. The van der Waals surface area contributed by atoms with Gasteiger partial charge in [-0.15, -0.1) is 0 Å². The highest BCUT2D eigenvalue weighted by molar-refractivity contribution is 6.08. The molecule has 1 amide bonds. The number of aryl methyl sites for hydroxylation is 2. The van der Waals surface area contributed by atoms with Crippen molar-refractivity contribution >= 4 is 22.6 Å². The number of nitrogens with one attached hydrogen (secondary N) is 1. The van der Waals surface area contributed by atoms with Crippen molar-refractivity contribution in [1.82, 2.24) is 10.3 Å². The minimum Gasteiger partial charge on any atom is -0.466 e. The average Bonchev–Trinajstić information content (AvgIpc) is 2.96. The SMILES string of the molecule is Cc1cc(C(=O)Nc2cccc3nonc23)c(C)o1. The summed E-state index contributed by atoms with van der Waals surface area (Å²) in [5.41, 5.74) is 2.18. The van der Waals surface area contributed by atoms with Gasteiger partial charge in [-0.1, -0.05) is 6.07 Å². The molecule has 6 nitrogen and oxygen atoms in total. The number of benzene rings is 1. The smallest absolute Gasteiger partial charge is 0.259 e. The van der Waals surface area contributed by atoms with E-state index >= 15 is 0 Å². The van der Waals surface area contributed by atoms with E-state index in [1.807, 2.05) is 0 Å². The lowest BCUT2D eigenvalue weighted by atomic mass is 10.2. The minimum atomic E-state index is -0.246. The van der Waals surface area contributed by atoms with Crippen LogP contribution in [0.15, 0.2) is 33.3 Å². The van der Waals surface area contributed by atoms with E-state index in [-0.39, 0.29) is 5.91 Å². The van der Waals surface area contributed by atoms with Gasteiger partial charge in [0.25, 0.3) is 5.91 Å². The lowest BCUT2D eigenvalue weighted by molar-refractivity contribution is 0.102. The summed E-state index contributed by atoms with van der Waals surface area (Å²) in [7, 11) is 0. The van der Waals surface area contributed by atoms with E-state index in [0.717, 1.165) is 0 Å². The number of aromatic nitrogens is 2. The number of rotatable bonds is 2. The molecule has 96 valence electrons. The number of furan rings is 1. The normalized spacial score (nSPS) is 10.8. The van der Waals surface area contributed by atoms with Crippen LogP contribution in [0.2, 0.25) is 0 Å². The Labute approximate surface area is 108 Å². The fourth-order valence-electron chi connectivity index (χ4n) is 1.95. The number of hydrogen-bond donors (Lipinski definition) is 1. The maximum absolute atomic E-state index is 12.2. The highest BCUT2D eigenvalue weighted by atomic mass is 16.6. The zero-order valence-electron chi connectivity index (χ0n) is 10.4. The largest absolute Gasteiger partial charge is 0.466 e. The highest BCUT2D eigenvalue weighted by Gasteiger charge is 2.15. The molecule has 0 aliphatic heterocycles. The molecule has 2 heterocycles. The third kappa shape index (κ3) is 1.97. The summed E-state index contributed by atoms with van der Waals surface area (Å²) >= 11 is 0. The summed E-state index contributed by atoms with van der Waals surface area (Å²) in [6, 6.07) is 6.98. The topological polar surface area (TPSA) is 81.2 Å². The molecular weight excluding hydrogens is 246 g/mol. The van der Waals surface area contributed by atoms with Gasteiger partial charge in [0.1, 0.15) is 17.0 Å². The molecular formula is C13H11N3O3. The standard InChI is InChI=1S/C13H11N3O3/c1-7-6-9(8(2)18-7)13(17)14-10-4-3-5-11-12(10)16-19-15-11/h3-6H,1-2H3,(H,14,17). The van der Waals surface area contributed by atoms with Gasteiger partial charge in [-0.3, -0.25) is 4.79 Å². The summed E-state index contributed by atoms with van der Waals surface area (Å²) in [4.78, 5) is 12.2. The van der Waals surface area contributed by atoms with Crippen molar-refractivity contribution in [2.45, 2.75) is 13.8 Å². The van der Waals surface area contributed by atoms with E-state index in [1.54, 1.807) is 38.1 Å². The number of hydrogen-bond acceptors (Lipinski definition) is 5. The fraction of sp³-hybridized carbons (Fsp3) is 0.154. The molecule has 0 spiro atoms. The van der Waals surface area contributed by atoms with Crippen LogP contribution in [0, 0.1) is 13.8 Å². The molecule has 0 atom stereocenters. The van der Waals surface area contributed by atoms with Crippen LogP contribution in [0.1, 0.15) is 21.9 Å². The molecule has 1 aromatic carbocycles. The van der Waals surface area contributed by atoms with Crippen LogP contribution in [-0.2, 0) is 0 Å². The Morgan fingerprint density at radius 2 is 2.11 bits per heavy atom. The quantitative estimate of drug-likeness (QED) is 0.763. The van der Waals surface area contributed by atoms with Crippen molar-refractivity contribution in [3.05, 3.63) is 41.3 Å². The van der Waals surface area contributed by atoms with Crippen LogP contribution in [0.25, 0.3) is 11.0 Å². The lowest BCUT2D eigenvalue weighted by Gasteiger charge is -2.03. The molecule has 0 bridgehead atoms. The lowest BCUT2D eigenvalue weighted by Crippen LogP contribution is -2.12. The molecule has 0 radical (unpaired) electrons. The number of amides is 1. The van der Waals surface area contributed by atoms with Crippen molar-refractivity contribution in [2.24, 2.45) is 0 Å². The first-order chi connectivity index (χ1) is 9.15. The number of anilines is 1. The van der Waals surface area contributed by atoms with Gasteiger partial charge in [0.05, 0.1) is 11.3 Å². The van der Waals surface area contributed by atoms with Gasteiger partial charge >= 0.3 is 0 Å². The predicted octanol–water partition coefficient (Wildman–Crippen LogP) is 2.68. The van der Waals surface area contributed by atoms with Crippen LogP contribution in [0.4, 0.5) is 5.69 Å². The zero-order valence-corrected chi connectivity index (χ0v) is 10.4. The molecule has 0 aliphatic rings. The van der Waals surface area contributed by atoms with Gasteiger partial charge in [-0.05, 0) is 42.4 Å². The van der Waals surface area contributed by atoms with Crippen LogP contribution >= 0.6 is 0 Å². The van der Waals surface area contributed by atoms with Crippen molar-refractivity contribution in [3.8, 4) is 0 Å². The van der Waals surface area contributed by atoms with E-state index < -0.39 is 0 Å². The fourth-order valence-corrected chi connectivity index (χ4v) is 1.95. The Kier molecular flexibility index (Phi) is 2.56. The van der Waals surface area contributed by atoms with Gasteiger partial charge < -0.3 is 9.73 Å². The van der Waals surface area contributed by atoms with Crippen molar-refractivity contribution in [1.29, 1.82) is 0 Å². The Bertz CT molecular complexity index is 757. The molecule has 0 saturated carbocycles. The van der Waals surface area contributed by atoms with Gasteiger partial charge in [-0.25, -0.2) is 4.63 Å². The second-order valence-electron chi connectivity index (χ2n) is 4.22. The minimum absolute atomic E-state index is 0.246. The van der Waals surface area contributed by atoms with Crippen molar-refractivity contribution in [2.75, 3.05) is 5.32 Å². The van der Waals surface area contributed by atoms with Crippen molar-refractivity contribution < 1.29 is 13.8 Å². The number of fused-ring (bicyclic) bond motifs is 1. The molecule has 0 fully saturated rings. The van der Waals surface area contributed by atoms with Gasteiger partial charge in [0, 0.05) is 0 Å². The number of carbonyl (C=O) groups is 1. The monoisotopic (exact) mass is 257 g/mol. The maximum atomic E-state index is 12.2. The number of carbonyl (C=O) groups excluding carboxylic acids is 1. The third-order valence-electron chi connectivity index (χ3n) is 2.82. The zero-order chi connectivity index (χ0) is 13.4. The molecule has 6 heteroatoms. The van der Waals surface area contributed by atoms with E-state index in [2.05, 4.69) is 20.3 Å². The Morgan fingerprint density at radius 3 is 2.84 bits per heavy atom. The number of nitrogens with zero attached hydrogens (tertiary/aromatic N) is 2. The molecule has 0 saturated heterocycles. The first-order valence-electron chi connectivity index (χ1n) is 5.75. The summed E-state index contributed by atoms with van der Waals surface area (Å²) in [5, 5.41) is 10.3. The van der Waals surface area contributed by atoms with E-state index in [1.165, 1.54) is 0 Å². The molecule has 19 heavy (non-hydrogen) atoms. The molecule has 1 N–H and O–H groups in total. The van der Waals surface area contributed by atoms with Crippen LogP contribution in [-0.4, -0.2) is 16.2 Å². The van der Waals surface area contributed by atoms with Crippen molar-refractivity contribution in [3.63, 3.8) is 0 Å². The summed E-state index contributed by atoms with van der Waals surface area (Å²) in [6.07, 6.45) is 0. The Balaban J connectivity index is 1.95. The first-order valence-corrected chi connectivity index (χ1v) is 5.75.